The first-order valence-corrected chi connectivity index (χ1v) is 8.19. The fraction of sp³-hybridized carbons (Fsp3) is 0.824. The van der Waals surface area contributed by atoms with Gasteiger partial charge in [-0.25, -0.2) is 0 Å². The minimum atomic E-state index is -0.280. The molecule has 0 rings (SSSR count). The molecule has 0 saturated heterocycles. The topological polar surface area (TPSA) is 43.1 Å². The van der Waals surface area contributed by atoms with Gasteiger partial charge in [0, 0.05) is 6.08 Å². The molecule has 0 aromatic carbocycles. The number of carbonyl (C=O) groups excluding carboxylic acids is 1. The number of hydrogen-bond acceptors (Lipinski definition) is 1. The van der Waals surface area contributed by atoms with E-state index in [4.69, 9.17) is 5.73 Å². The highest BCUT2D eigenvalue weighted by molar-refractivity contribution is 5.86. The molecule has 0 aliphatic carbocycles. The fourth-order valence-electron chi connectivity index (χ4n) is 2.38. The van der Waals surface area contributed by atoms with Crippen molar-refractivity contribution in [1.29, 1.82) is 0 Å². The monoisotopic (exact) mass is 267 g/mol. The molecule has 0 unspecified atom stereocenters. The Morgan fingerprint density at radius 1 is 0.789 bits per heavy atom. The lowest BCUT2D eigenvalue weighted by Crippen LogP contribution is -2.07. The van der Waals surface area contributed by atoms with Crippen LogP contribution in [0.5, 0.6) is 0 Å². The van der Waals surface area contributed by atoms with Crippen LogP contribution in [0, 0.1) is 0 Å². The zero-order valence-corrected chi connectivity index (χ0v) is 13.0. The highest BCUT2D eigenvalue weighted by atomic mass is 16.1. The second kappa shape index (κ2) is 13.6. The van der Waals surface area contributed by atoms with Crippen molar-refractivity contribution in [3.8, 4) is 0 Å². The standard InChI is InChI=1S/C17H33NO/c1-3-5-7-9-11-13-16(15-17(18)19)14-12-10-8-6-4-2/h15H,3-14H2,1-2H3,(H2,18,19). The van der Waals surface area contributed by atoms with Crippen LogP contribution in [0.15, 0.2) is 11.6 Å². The van der Waals surface area contributed by atoms with Crippen molar-refractivity contribution in [3.05, 3.63) is 11.6 Å². The summed E-state index contributed by atoms with van der Waals surface area (Å²) in [6, 6.07) is 0. The fourth-order valence-corrected chi connectivity index (χ4v) is 2.38. The number of hydrogen-bond donors (Lipinski definition) is 1. The van der Waals surface area contributed by atoms with E-state index in [9.17, 15) is 4.79 Å². The molecule has 0 fully saturated rings. The third kappa shape index (κ3) is 13.4. The third-order valence-corrected chi connectivity index (χ3v) is 3.55. The Bertz CT molecular complexity index is 230. The van der Waals surface area contributed by atoms with E-state index in [1.54, 1.807) is 6.08 Å². The molecule has 0 aliphatic rings. The van der Waals surface area contributed by atoms with Crippen molar-refractivity contribution in [2.24, 2.45) is 5.73 Å². The molecule has 2 heteroatoms. The largest absolute Gasteiger partial charge is 0.366 e. The minimum absolute atomic E-state index is 0.280. The maximum absolute atomic E-state index is 11.0. The summed E-state index contributed by atoms with van der Waals surface area (Å²) >= 11 is 0. The van der Waals surface area contributed by atoms with E-state index in [1.165, 1.54) is 69.8 Å². The van der Waals surface area contributed by atoms with E-state index < -0.39 is 0 Å². The molecular weight excluding hydrogens is 234 g/mol. The summed E-state index contributed by atoms with van der Waals surface area (Å²) in [5.74, 6) is -0.280. The maximum Gasteiger partial charge on any atom is 0.241 e. The van der Waals surface area contributed by atoms with Crippen LogP contribution in [0.4, 0.5) is 0 Å². The summed E-state index contributed by atoms with van der Waals surface area (Å²) in [7, 11) is 0. The van der Waals surface area contributed by atoms with Crippen LogP contribution >= 0.6 is 0 Å². The SMILES string of the molecule is CCCCCCCC(=CC(N)=O)CCCCCCC. The Morgan fingerprint density at radius 2 is 1.21 bits per heavy atom. The molecule has 0 aromatic heterocycles. The molecule has 0 saturated carbocycles. The normalized spacial score (nSPS) is 10.4. The lowest BCUT2D eigenvalue weighted by molar-refractivity contribution is -0.113. The van der Waals surface area contributed by atoms with Crippen molar-refractivity contribution in [1.82, 2.24) is 0 Å². The maximum atomic E-state index is 11.0. The predicted octanol–water partition coefficient (Wildman–Crippen LogP) is 5.12. The van der Waals surface area contributed by atoms with Crippen molar-refractivity contribution in [3.63, 3.8) is 0 Å². The molecule has 0 bridgehead atoms. The Hall–Kier alpha value is -0.790. The number of amides is 1. The number of carbonyl (C=O) groups is 1. The molecule has 2 nitrogen and oxygen atoms in total. The number of rotatable bonds is 13. The van der Waals surface area contributed by atoms with E-state index in [0.717, 1.165) is 12.8 Å². The molecule has 2 N–H and O–H groups in total. The smallest absolute Gasteiger partial charge is 0.241 e. The van der Waals surface area contributed by atoms with Crippen LogP contribution in [-0.2, 0) is 4.79 Å². The van der Waals surface area contributed by atoms with Crippen molar-refractivity contribution in [2.45, 2.75) is 90.9 Å². The zero-order chi connectivity index (χ0) is 14.3. The number of primary amides is 1. The Balaban J connectivity index is 3.80. The molecule has 0 radical (unpaired) electrons. The van der Waals surface area contributed by atoms with Crippen molar-refractivity contribution in [2.75, 3.05) is 0 Å². The van der Waals surface area contributed by atoms with Gasteiger partial charge in [-0.1, -0.05) is 70.8 Å². The van der Waals surface area contributed by atoms with Gasteiger partial charge in [0.15, 0.2) is 0 Å². The zero-order valence-electron chi connectivity index (χ0n) is 13.0. The Labute approximate surface area is 119 Å². The van der Waals surface area contributed by atoms with Gasteiger partial charge in [-0.15, -0.1) is 0 Å². The lowest BCUT2D eigenvalue weighted by atomic mass is 9.99. The molecule has 0 atom stereocenters. The average molecular weight is 267 g/mol. The van der Waals surface area contributed by atoms with E-state index in [-0.39, 0.29) is 5.91 Å². The van der Waals surface area contributed by atoms with E-state index in [0.29, 0.717) is 0 Å². The van der Waals surface area contributed by atoms with Crippen LogP contribution in [-0.4, -0.2) is 5.91 Å². The van der Waals surface area contributed by atoms with Crippen molar-refractivity contribution >= 4 is 5.91 Å². The highest BCUT2D eigenvalue weighted by Gasteiger charge is 2.01. The molecular formula is C17H33NO. The number of allylic oxidation sites excluding steroid dienone is 1. The molecule has 0 spiro atoms. The van der Waals surface area contributed by atoms with Gasteiger partial charge in [0.25, 0.3) is 0 Å². The first-order valence-electron chi connectivity index (χ1n) is 8.19. The summed E-state index contributed by atoms with van der Waals surface area (Å²) in [6.07, 6.45) is 16.6. The van der Waals surface area contributed by atoms with Crippen LogP contribution in [0.2, 0.25) is 0 Å². The van der Waals surface area contributed by atoms with Crippen LogP contribution < -0.4 is 5.73 Å². The summed E-state index contributed by atoms with van der Waals surface area (Å²) in [6.45, 7) is 4.46. The lowest BCUT2D eigenvalue weighted by Gasteiger charge is -2.07. The quantitative estimate of drug-likeness (QED) is 0.365. The summed E-state index contributed by atoms with van der Waals surface area (Å²) in [5, 5.41) is 0. The summed E-state index contributed by atoms with van der Waals surface area (Å²) in [5.41, 5.74) is 6.55. The van der Waals surface area contributed by atoms with Gasteiger partial charge in [0.1, 0.15) is 0 Å². The second-order valence-electron chi connectivity index (χ2n) is 5.53. The number of unbranched alkanes of at least 4 members (excludes halogenated alkanes) is 8. The van der Waals surface area contributed by atoms with E-state index in [2.05, 4.69) is 13.8 Å². The second-order valence-corrected chi connectivity index (χ2v) is 5.53. The predicted molar refractivity (Wildman–Crippen MR) is 84.0 cm³/mol. The Kier molecular flexibility index (Phi) is 13.1. The van der Waals surface area contributed by atoms with E-state index in [1.807, 2.05) is 0 Å². The molecule has 112 valence electrons. The first kappa shape index (κ1) is 18.2. The molecule has 0 aromatic rings. The molecule has 1 amide bonds. The molecule has 0 heterocycles. The summed E-state index contributed by atoms with van der Waals surface area (Å²) in [4.78, 5) is 11.0. The van der Waals surface area contributed by atoms with Gasteiger partial charge in [-0.3, -0.25) is 4.79 Å². The van der Waals surface area contributed by atoms with Crippen LogP contribution in [0.25, 0.3) is 0 Å². The Morgan fingerprint density at radius 3 is 1.58 bits per heavy atom. The van der Waals surface area contributed by atoms with Crippen molar-refractivity contribution < 1.29 is 4.79 Å². The van der Waals surface area contributed by atoms with Gasteiger partial charge in [-0.05, 0) is 25.7 Å². The third-order valence-electron chi connectivity index (χ3n) is 3.55. The first-order chi connectivity index (χ1) is 9.20. The van der Waals surface area contributed by atoms with Crippen LogP contribution in [0.1, 0.15) is 90.9 Å². The van der Waals surface area contributed by atoms with Gasteiger partial charge < -0.3 is 5.73 Å². The number of nitrogens with two attached hydrogens (primary N) is 1. The molecule has 19 heavy (non-hydrogen) atoms. The van der Waals surface area contributed by atoms with Gasteiger partial charge >= 0.3 is 0 Å². The van der Waals surface area contributed by atoms with Crippen LogP contribution in [0.3, 0.4) is 0 Å². The van der Waals surface area contributed by atoms with Gasteiger partial charge in [0.2, 0.25) is 5.91 Å². The van der Waals surface area contributed by atoms with Gasteiger partial charge in [-0.2, -0.15) is 0 Å². The van der Waals surface area contributed by atoms with Gasteiger partial charge in [0.05, 0.1) is 0 Å². The summed E-state index contributed by atoms with van der Waals surface area (Å²) < 4.78 is 0. The van der Waals surface area contributed by atoms with E-state index >= 15 is 0 Å². The average Bonchev–Trinajstić information content (AvgIpc) is 2.37. The highest BCUT2D eigenvalue weighted by Crippen LogP contribution is 2.17. The molecule has 0 aliphatic heterocycles. The minimum Gasteiger partial charge on any atom is -0.366 e.